The van der Waals surface area contributed by atoms with Crippen molar-refractivity contribution in [2.45, 2.75) is 32.2 Å². The molecule has 0 atom stereocenters. The Labute approximate surface area is 138 Å². The maximum atomic E-state index is 6.49. The van der Waals surface area contributed by atoms with Crippen LogP contribution in [-0.4, -0.2) is 22.9 Å². The first-order valence-electron chi connectivity index (χ1n) is 7.24. The molecule has 2 aromatic rings. The molecule has 0 amide bonds. The highest BCUT2D eigenvalue weighted by Crippen LogP contribution is 2.36. The molecule has 0 saturated carbocycles. The van der Waals surface area contributed by atoms with Crippen LogP contribution in [-0.2, 0) is 18.4 Å². The smallest absolute Gasteiger partial charge is 0.0847 e. The van der Waals surface area contributed by atoms with Gasteiger partial charge in [0, 0.05) is 35.9 Å². The molecule has 0 bridgehead atoms. The Hall–Kier alpha value is -0.840. The fraction of sp³-hybridized carbons (Fsp3) is 0.438. The van der Waals surface area contributed by atoms with Crippen LogP contribution in [0.3, 0.4) is 0 Å². The summed E-state index contributed by atoms with van der Waals surface area (Å²) in [6.07, 6.45) is 0.921. The van der Waals surface area contributed by atoms with E-state index in [9.17, 15) is 0 Å². The molecule has 0 unspecified atom stereocenters. The van der Waals surface area contributed by atoms with Crippen molar-refractivity contribution in [3.05, 3.63) is 50.7 Å². The van der Waals surface area contributed by atoms with Crippen LogP contribution in [0.25, 0.3) is 0 Å². The number of hydrogen-bond donors (Lipinski definition) is 1. The summed E-state index contributed by atoms with van der Waals surface area (Å²) in [5.74, 6) is 0. The van der Waals surface area contributed by atoms with Gasteiger partial charge < -0.3 is 5.32 Å². The van der Waals surface area contributed by atoms with Gasteiger partial charge in [-0.1, -0.05) is 39.7 Å². The van der Waals surface area contributed by atoms with Crippen LogP contribution >= 0.6 is 27.5 Å². The SMILES string of the molecule is CCn1nc(C)c(Cl)c1CC1(c2cccc(Br)c2)CNC1. The molecule has 0 radical (unpaired) electrons. The van der Waals surface area contributed by atoms with Crippen LogP contribution in [0, 0.1) is 6.92 Å². The molecule has 3 rings (SSSR count). The molecule has 2 heterocycles. The average molecular weight is 369 g/mol. The first-order chi connectivity index (χ1) is 10.1. The van der Waals surface area contributed by atoms with Gasteiger partial charge in [0.1, 0.15) is 0 Å². The molecule has 1 N–H and O–H groups in total. The zero-order valence-corrected chi connectivity index (χ0v) is 14.6. The van der Waals surface area contributed by atoms with Crippen LogP contribution in [0.5, 0.6) is 0 Å². The van der Waals surface area contributed by atoms with E-state index in [0.29, 0.717) is 0 Å². The quantitative estimate of drug-likeness (QED) is 0.891. The number of aromatic nitrogens is 2. The fourth-order valence-electron chi connectivity index (χ4n) is 3.03. The van der Waals surface area contributed by atoms with Gasteiger partial charge in [-0.15, -0.1) is 0 Å². The fourth-order valence-corrected chi connectivity index (χ4v) is 3.64. The molecular weight excluding hydrogens is 350 g/mol. The Kier molecular flexibility index (Phi) is 4.12. The van der Waals surface area contributed by atoms with Crippen LogP contribution < -0.4 is 5.32 Å². The molecule has 1 aromatic carbocycles. The van der Waals surface area contributed by atoms with Gasteiger partial charge in [-0.2, -0.15) is 5.10 Å². The highest BCUT2D eigenvalue weighted by atomic mass is 79.9. The van der Waals surface area contributed by atoms with E-state index < -0.39 is 0 Å². The van der Waals surface area contributed by atoms with Gasteiger partial charge in [-0.05, 0) is 31.5 Å². The van der Waals surface area contributed by atoms with Crippen LogP contribution in [0.4, 0.5) is 0 Å². The summed E-state index contributed by atoms with van der Waals surface area (Å²) >= 11 is 10.1. The summed E-state index contributed by atoms with van der Waals surface area (Å²) in [7, 11) is 0. The standard InChI is InChI=1S/C16H19BrClN3/c1-3-21-14(15(18)11(2)20-21)8-16(9-19-10-16)12-5-4-6-13(17)7-12/h4-7,19H,3,8-10H2,1-2H3. The highest BCUT2D eigenvalue weighted by molar-refractivity contribution is 9.10. The van der Waals surface area contributed by atoms with Crippen molar-refractivity contribution in [3.8, 4) is 0 Å². The van der Waals surface area contributed by atoms with Crippen molar-refractivity contribution in [2.75, 3.05) is 13.1 Å². The van der Waals surface area contributed by atoms with Gasteiger partial charge in [0.05, 0.1) is 16.4 Å². The van der Waals surface area contributed by atoms with E-state index in [1.54, 1.807) is 0 Å². The third-order valence-corrected chi connectivity index (χ3v) is 5.31. The van der Waals surface area contributed by atoms with Gasteiger partial charge in [-0.25, -0.2) is 0 Å². The first-order valence-corrected chi connectivity index (χ1v) is 8.41. The Morgan fingerprint density at radius 3 is 2.76 bits per heavy atom. The van der Waals surface area contributed by atoms with Crippen molar-refractivity contribution in [1.82, 2.24) is 15.1 Å². The van der Waals surface area contributed by atoms with E-state index >= 15 is 0 Å². The van der Waals surface area contributed by atoms with Gasteiger partial charge in [-0.3, -0.25) is 4.68 Å². The molecule has 0 spiro atoms. The summed E-state index contributed by atoms with van der Waals surface area (Å²) in [6.45, 7) is 6.90. The van der Waals surface area contributed by atoms with Crippen molar-refractivity contribution < 1.29 is 0 Å². The lowest BCUT2D eigenvalue weighted by atomic mass is 9.72. The van der Waals surface area contributed by atoms with E-state index in [1.165, 1.54) is 5.56 Å². The number of hydrogen-bond acceptors (Lipinski definition) is 2. The van der Waals surface area contributed by atoms with Crippen molar-refractivity contribution >= 4 is 27.5 Å². The first kappa shape index (κ1) is 15.1. The van der Waals surface area contributed by atoms with Gasteiger partial charge in [0.2, 0.25) is 0 Å². The lowest BCUT2D eigenvalue weighted by Crippen LogP contribution is -2.58. The monoisotopic (exact) mass is 367 g/mol. The molecule has 3 nitrogen and oxygen atoms in total. The van der Waals surface area contributed by atoms with Gasteiger partial charge in [0.25, 0.3) is 0 Å². The van der Waals surface area contributed by atoms with Crippen LogP contribution in [0.15, 0.2) is 28.7 Å². The molecule has 5 heteroatoms. The summed E-state index contributed by atoms with van der Waals surface area (Å²) in [4.78, 5) is 0. The Balaban J connectivity index is 1.99. The van der Waals surface area contributed by atoms with Gasteiger partial charge in [0.15, 0.2) is 0 Å². The second-order valence-corrected chi connectivity index (χ2v) is 7.03. The number of nitrogens with one attached hydrogen (secondary N) is 1. The maximum Gasteiger partial charge on any atom is 0.0847 e. The van der Waals surface area contributed by atoms with E-state index in [2.05, 4.69) is 57.5 Å². The van der Waals surface area contributed by atoms with Crippen LogP contribution in [0.1, 0.15) is 23.9 Å². The predicted molar refractivity (Wildman–Crippen MR) is 90.0 cm³/mol. The van der Waals surface area contributed by atoms with E-state index in [0.717, 1.165) is 46.9 Å². The van der Waals surface area contributed by atoms with Gasteiger partial charge >= 0.3 is 0 Å². The minimum Gasteiger partial charge on any atom is -0.315 e. The number of aryl methyl sites for hydroxylation is 2. The van der Waals surface area contributed by atoms with E-state index in [-0.39, 0.29) is 5.41 Å². The highest BCUT2D eigenvalue weighted by Gasteiger charge is 2.40. The Morgan fingerprint density at radius 2 is 2.19 bits per heavy atom. The molecular formula is C16H19BrClN3. The topological polar surface area (TPSA) is 29.9 Å². The second-order valence-electron chi connectivity index (χ2n) is 5.73. The molecule has 21 heavy (non-hydrogen) atoms. The summed E-state index contributed by atoms with van der Waals surface area (Å²) in [5, 5.41) is 8.77. The molecule has 112 valence electrons. The lowest BCUT2D eigenvalue weighted by Gasteiger charge is -2.43. The van der Waals surface area contributed by atoms with Crippen molar-refractivity contribution in [3.63, 3.8) is 0 Å². The van der Waals surface area contributed by atoms with Crippen molar-refractivity contribution in [2.24, 2.45) is 0 Å². The number of rotatable bonds is 4. The molecule has 1 aromatic heterocycles. The summed E-state index contributed by atoms with van der Waals surface area (Å²) in [5.41, 5.74) is 3.55. The third kappa shape index (κ3) is 2.65. The minimum atomic E-state index is 0.118. The molecule has 1 aliphatic heterocycles. The number of nitrogens with zero attached hydrogens (tertiary/aromatic N) is 2. The average Bonchev–Trinajstić information content (AvgIpc) is 2.69. The van der Waals surface area contributed by atoms with Crippen molar-refractivity contribution in [1.29, 1.82) is 0 Å². The molecule has 1 fully saturated rings. The zero-order chi connectivity index (χ0) is 15.0. The molecule has 1 saturated heterocycles. The van der Waals surface area contributed by atoms with E-state index in [1.807, 2.05) is 11.6 Å². The molecule has 0 aliphatic carbocycles. The number of benzene rings is 1. The lowest BCUT2D eigenvalue weighted by molar-refractivity contribution is 0.268. The van der Waals surface area contributed by atoms with Crippen LogP contribution in [0.2, 0.25) is 5.02 Å². The predicted octanol–water partition coefficient (Wildman–Crippen LogP) is 3.71. The Morgan fingerprint density at radius 1 is 1.43 bits per heavy atom. The maximum absolute atomic E-state index is 6.49. The summed E-state index contributed by atoms with van der Waals surface area (Å²) < 4.78 is 3.16. The third-order valence-electron chi connectivity index (χ3n) is 4.32. The number of halogens is 2. The minimum absolute atomic E-state index is 0.118. The zero-order valence-electron chi connectivity index (χ0n) is 12.3. The molecule has 1 aliphatic rings. The normalized spacial score (nSPS) is 16.8. The second kappa shape index (κ2) is 5.75. The largest absolute Gasteiger partial charge is 0.315 e. The Bertz CT molecular complexity index is 662. The summed E-state index contributed by atoms with van der Waals surface area (Å²) in [6, 6.07) is 8.59. The van der Waals surface area contributed by atoms with E-state index in [4.69, 9.17) is 11.6 Å².